The summed E-state index contributed by atoms with van der Waals surface area (Å²) in [7, 11) is 3.26. The molecule has 0 saturated carbocycles. The van der Waals surface area contributed by atoms with Crippen LogP contribution in [0.2, 0.25) is 0 Å². The van der Waals surface area contributed by atoms with Gasteiger partial charge in [0, 0.05) is 6.54 Å². The van der Waals surface area contributed by atoms with Crippen molar-refractivity contribution in [1.29, 1.82) is 0 Å². The summed E-state index contributed by atoms with van der Waals surface area (Å²) in [5, 5.41) is 6.12. The van der Waals surface area contributed by atoms with Crippen molar-refractivity contribution in [2.45, 2.75) is 6.42 Å². The second kappa shape index (κ2) is 9.41. The van der Waals surface area contributed by atoms with Crippen LogP contribution in [0.25, 0.3) is 0 Å². The quantitative estimate of drug-likeness (QED) is 0.624. The van der Waals surface area contributed by atoms with Gasteiger partial charge in [0.2, 0.25) is 0 Å². The Labute approximate surface area is 164 Å². The van der Waals surface area contributed by atoms with Crippen LogP contribution < -0.4 is 20.1 Å². The van der Waals surface area contributed by atoms with Crippen LogP contribution in [0.1, 0.15) is 16.1 Å². The molecule has 2 N–H and O–H groups in total. The van der Waals surface area contributed by atoms with Crippen molar-refractivity contribution in [3.05, 3.63) is 78.1 Å². The highest BCUT2D eigenvalue weighted by atomic mass is 16.5. The Morgan fingerprint density at radius 3 is 2.43 bits per heavy atom. The summed E-state index contributed by atoms with van der Waals surface area (Å²) >= 11 is 0. The van der Waals surface area contributed by atoms with Crippen molar-refractivity contribution in [3.8, 4) is 11.5 Å². The lowest BCUT2D eigenvalue weighted by atomic mass is 10.1. The molecule has 1 aromatic heterocycles. The Balaban J connectivity index is 1.53. The fourth-order valence-electron chi connectivity index (χ4n) is 2.71. The smallest absolute Gasteiger partial charge is 0.269 e. The van der Waals surface area contributed by atoms with Gasteiger partial charge in [-0.15, -0.1) is 0 Å². The minimum absolute atomic E-state index is 0.197. The summed E-state index contributed by atoms with van der Waals surface area (Å²) in [6.45, 7) is 0.536. The summed E-state index contributed by atoms with van der Waals surface area (Å²) in [4.78, 5) is 16.5. The van der Waals surface area contributed by atoms with Gasteiger partial charge in [0.05, 0.1) is 31.8 Å². The summed E-state index contributed by atoms with van der Waals surface area (Å²) in [6, 6.07) is 18.9. The first-order valence-corrected chi connectivity index (χ1v) is 8.97. The number of para-hydroxylation sites is 2. The van der Waals surface area contributed by atoms with Gasteiger partial charge in [-0.2, -0.15) is 0 Å². The van der Waals surface area contributed by atoms with Gasteiger partial charge in [0.1, 0.15) is 17.2 Å². The molecule has 0 saturated heterocycles. The van der Waals surface area contributed by atoms with E-state index in [-0.39, 0.29) is 5.91 Å². The number of nitrogens with zero attached hydrogens (tertiary/aromatic N) is 1. The first-order valence-electron chi connectivity index (χ1n) is 8.97. The SMILES string of the molecule is COc1ccc(CCNC(=O)c2ccc(Nc3ccccc3OC)cn2)cc1. The second-order valence-corrected chi connectivity index (χ2v) is 6.11. The van der Waals surface area contributed by atoms with Crippen LogP contribution in [-0.2, 0) is 6.42 Å². The monoisotopic (exact) mass is 377 g/mol. The molecule has 3 aromatic rings. The molecule has 0 aliphatic rings. The number of pyridine rings is 1. The number of anilines is 2. The number of amides is 1. The lowest BCUT2D eigenvalue weighted by molar-refractivity contribution is 0.0949. The molecule has 0 fully saturated rings. The van der Waals surface area contributed by atoms with Crippen LogP contribution >= 0.6 is 0 Å². The Kier molecular flexibility index (Phi) is 6.46. The number of ether oxygens (including phenoxy) is 2. The van der Waals surface area contributed by atoms with Crippen molar-refractivity contribution < 1.29 is 14.3 Å². The lowest BCUT2D eigenvalue weighted by Gasteiger charge is -2.11. The zero-order valence-corrected chi connectivity index (χ0v) is 15.9. The first-order chi connectivity index (χ1) is 13.7. The van der Waals surface area contributed by atoms with Crippen molar-refractivity contribution in [2.24, 2.45) is 0 Å². The largest absolute Gasteiger partial charge is 0.497 e. The minimum atomic E-state index is -0.197. The van der Waals surface area contributed by atoms with Gasteiger partial charge < -0.3 is 20.1 Å². The number of methoxy groups -OCH3 is 2. The average molecular weight is 377 g/mol. The third-order valence-corrected chi connectivity index (χ3v) is 4.24. The molecule has 0 aliphatic heterocycles. The number of benzene rings is 2. The van der Waals surface area contributed by atoms with E-state index in [0.717, 1.165) is 34.9 Å². The van der Waals surface area contributed by atoms with E-state index >= 15 is 0 Å². The van der Waals surface area contributed by atoms with Crippen molar-refractivity contribution in [1.82, 2.24) is 10.3 Å². The number of nitrogens with one attached hydrogen (secondary N) is 2. The van der Waals surface area contributed by atoms with Crippen LogP contribution in [0.3, 0.4) is 0 Å². The molecule has 1 heterocycles. The summed E-state index contributed by atoms with van der Waals surface area (Å²) in [5.74, 6) is 1.36. The van der Waals surface area contributed by atoms with Gasteiger partial charge in [-0.25, -0.2) is 4.98 Å². The van der Waals surface area contributed by atoms with E-state index in [1.54, 1.807) is 26.5 Å². The van der Waals surface area contributed by atoms with Gasteiger partial charge in [-0.3, -0.25) is 4.79 Å². The van der Waals surface area contributed by atoms with Crippen LogP contribution in [0.4, 0.5) is 11.4 Å². The molecule has 6 nitrogen and oxygen atoms in total. The minimum Gasteiger partial charge on any atom is -0.497 e. The molecule has 3 rings (SSSR count). The van der Waals surface area contributed by atoms with Crippen LogP contribution in [0.5, 0.6) is 11.5 Å². The molecular weight excluding hydrogens is 354 g/mol. The Morgan fingerprint density at radius 2 is 1.75 bits per heavy atom. The molecule has 0 bridgehead atoms. The van der Waals surface area contributed by atoms with E-state index in [2.05, 4.69) is 15.6 Å². The predicted molar refractivity (Wildman–Crippen MR) is 110 cm³/mol. The van der Waals surface area contributed by atoms with E-state index < -0.39 is 0 Å². The molecule has 0 aliphatic carbocycles. The molecule has 0 unspecified atom stereocenters. The summed E-state index contributed by atoms with van der Waals surface area (Å²) in [6.07, 6.45) is 2.37. The van der Waals surface area contributed by atoms with Crippen molar-refractivity contribution in [3.63, 3.8) is 0 Å². The standard InChI is InChI=1S/C22H23N3O3/c1-27-18-10-7-16(8-11-18)13-14-23-22(26)20-12-9-17(15-24-20)25-19-5-3-4-6-21(19)28-2/h3-12,15,25H,13-14H2,1-2H3,(H,23,26). The van der Waals surface area contributed by atoms with Crippen LogP contribution in [0.15, 0.2) is 66.9 Å². The second-order valence-electron chi connectivity index (χ2n) is 6.11. The zero-order chi connectivity index (χ0) is 19.8. The Morgan fingerprint density at radius 1 is 0.964 bits per heavy atom. The van der Waals surface area contributed by atoms with Gasteiger partial charge in [0.15, 0.2) is 0 Å². The summed E-state index contributed by atoms with van der Waals surface area (Å²) in [5.41, 5.74) is 3.12. The van der Waals surface area contributed by atoms with E-state index in [0.29, 0.717) is 12.2 Å². The Bertz CT molecular complexity index is 909. The molecule has 0 atom stereocenters. The first kappa shape index (κ1) is 19.2. The predicted octanol–water partition coefficient (Wildman–Crippen LogP) is 3.81. The van der Waals surface area contributed by atoms with Crippen LogP contribution in [-0.4, -0.2) is 31.7 Å². The number of rotatable bonds is 8. The van der Waals surface area contributed by atoms with E-state index in [9.17, 15) is 4.79 Å². The molecular formula is C22H23N3O3. The zero-order valence-electron chi connectivity index (χ0n) is 15.9. The highest BCUT2D eigenvalue weighted by Gasteiger charge is 2.08. The van der Waals surface area contributed by atoms with Crippen molar-refractivity contribution in [2.75, 3.05) is 26.1 Å². The molecule has 0 spiro atoms. The number of carbonyl (C=O) groups excluding carboxylic acids is 1. The van der Waals surface area contributed by atoms with Gasteiger partial charge >= 0.3 is 0 Å². The van der Waals surface area contributed by atoms with Gasteiger partial charge in [-0.05, 0) is 48.4 Å². The maximum atomic E-state index is 12.3. The molecule has 28 heavy (non-hydrogen) atoms. The molecule has 1 amide bonds. The van der Waals surface area contributed by atoms with Gasteiger partial charge in [-0.1, -0.05) is 24.3 Å². The maximum Gasteiger partial charge on any atom is 0.269 e. The van der Waals surface area contributed by atoms with Crippen molar-refractivity contribution >= 4 is 17.3 Å². The number of hydrogen-bond acceptors (Lipinski definition) is 5. The normalized spacial score (nSPS) is 10.2. The van der Waals surface area contributed by atoms with E-state index in [1.807, 2.05) is 54.6 Å². The highest BCUT2D eigenvalue weighted by molar-refractivity contribution is 5.92. The molecule has 2 aromatic carbocycles. The fraction of sp³-hybridized carbons (Fsp3) is 0.182. The van der Waals surface area contributed by atoms with E-state index in [1.165, 1.54) is 0 Å². The fourth-order valence-corrected chi connectivity index (χ4v) is 2.71. The average Bonchev–Trinajstić information content (AvgIpc) is 2.75. The molecule has 144 valence electrons. The number of aromatic nitrogens is 1. The lowest BCUT2D eigenvalue weighted by Crippen LogP contribution is -2.26. The molecule has 6 heteroatoms. The summed E-state index contributed by atoms with van der Waals surface area (Å²) < 4.78 is 10.5. The third kappa shape index (κ3) is 5.01. The van der Waals surface area contributed by atoms with Gasteiger partial charge in [0.25, 0.3) is 5.91 Å². The number of carbonyl (C=O) groups is 1. The number of hydrogen-bond donors (Lipinski definition) is 2. The maximum absolute atomic E-state index is 12.3. The van der Waals surface area contributed by atoms with Crippen LogP contribution in [0, 0.1) is 0 Å². The third-order valence-electron chi connectivity index (χ3n) is 4.24. The van der Waals surface area contributed by atoms with E-state index in [4.69, 9.17) is 9.47 Å². The Hall–Kier alpha value is -3.54. The topological polar surface area (TPSA) is 72.5 Å². The molecule has 0 radical (unpaired) electrons. The highest BCUT2D eigenvalue weighted by Crippen LogP contribution is 2.26.